The quantitative estimate of drug-likeness (QED) is 0.826. The lowest BCUT2D eigenvalue weighted by Gasteiger charge is -2.23. The predicted octanol–water partition coefficient (Wildman–Crippen LogP) is 2.11. The Morgan fingerprint density at radius 1 is 1.35 bits per heavy atom. The summed E-state index contributed by atoms with van der Waals surface area (Å²) in [5.74, 6) is 0. The van der Waals surface area contributed by atoms with E-state index >= 15 is 0 Å². The molecule has 112 valence electrons. The first-order valence-corrected chi connectivity index (χ1v) is 7.77. The van der Waals surface area contributed by atoms with Crippen molar-refractivity contribution in [1.82, 2.24) is 15.2 Å². The van der Waals surface area contributed by atoms with Crippen molar-refractivity contribution in [3.63, 3.8) is 0 Å². The molecule has 0 bridgehead atoms. The zero-order chi connectivity index (χ0) is 14.4. The van der Waals surface area contributed by atoms with Gasteiger partial charge < -0.3 is 15.1 Å². The molecule has 1 saturated heterocycles. The van der Waals surface area contributed by atoms with Gasteiger partial charge >= 0.3 is 0 Å². The Hall–Kier alpha value is -1.13. The molecule has 20 heavy (non-hydrogen) atoms. The molecule has 1 fully saturated rings. The molecule has 1 aromatic heterocycles. The second-order valence-corrected chi connectivity index (χ2v) is 6.01. The Morgan fingerprint density at radius 3 is 2.80 bits per heavy atom. The summed E-state index contributed by atoms with van der Waals surface area (Å²) in [4.78, 5) is 9.32. The monoisotopic (exact) mass is 276 g/mol. The first kappa shape index (κ1) is 15.3. The molecule has 0 atom stereocenters. The van der Waals surface area contributed by atoms with Gasteiger partial charge in [-0.2, -0.15) is 0 Å². The lowest BCUT2D eigenvalue weighted by atomic mass is 10.2. The number of hydrogen-bond acceptors (Lipinski definition) is 4. The van der Waals surface area contributed by atoms with Crippen LogP contribution < -0.4 is 10.2 Å². The van der Waals surface area contributed by atoms with E-state index in [9.17, 15) is 0 Å². The lowest BCUT2D eigenvalue weighted by molar-refractivity contribution is 0.346. The third kappa shape index (κ3) is 4.76. The number of anilines is 1. The molecule has 1 aromatic rings. The summed E-state index contributed by atoms with van der Waals surface area (Å²) in [5.41, 5.74) is 2.38. The standard InChI is InChI=1S/C16H28N4/c1-14(2)18-13-15-12-16(6-7-17-15)19(3)10-11-20-8-4-5-9-20/h6-7,12,14,18H,4-5,8-11,13H2,1-3H3. The highest BCUT2D eigenvalue weighted by Gasteiger charge is 2.12. The van der Waals surface area contributed by atoms with Crippen molar-refractivity contribution in [2.24, 2.45) is 0 Å². The molecule has 4 nitrogen and oxygen atoms in total. The minimum absolute atomic E-state index is 0.494. The van der Waals surface area contributed by atoms with Gasteiger partial charge in [0.2, 0.25) is 0 Å². The highest BCUT2D eigenvalue weighted by atomic mass is 15.2. The van der Waals surface area contributed by atoms with Gasteiger partial charge in [-0.25, -0.2) is 0 Å². The van der Waals surface area contributed by atoms with Gasteiger partial charge in [-0.1, -0.05) is 13.8 Å². The fourth-order valence-electron chi connectivity index (χ4n) is 2.54. The average molecular weight is 276 g/mol. The van der Waals surface area contributed by atoms with Crippen LogP contribution in [-0.2, 0) is 6.54 Å². The number of nitrogens with zero attached hydrogens (tertiary/aromatic N) is 3. The lowest BCUT2D eigenvalue weighted by Crippen LogP contribution is -2.31. The average Bonchev–Trinajstić information content (AvgIpc) is 2.96. The molecular weight excluding hydrogens is 248 g/mol. The highest BCUT2D eigenvalue weighted by molar-refractivity contribution is 5.45. The van der Waals surface area contributed by atoms with Crippen LogP contribution in [0.15, 0.2) is 18.3 Å². The zero-order valence-corrected chi connectivity index (χ0v) is 13.1. The molecule has 1 aliphatic heterocycles. The Balaban J connectivity index is 1.84. The molecular formula is C16H28N4. The Bertz CT molecular complexity index is 399. The normalized spacial score (nSPS) is 16.0. The van der Waals surface area contributed by atoms with Crippen molar-refractivity contribution in [2.75, 3.05) is 38.1 Å². The first-order valence-electron chi connectivity index (χ1n) is 7.77. The van der Waals surface area contributed by atoms with E-state index in [1.54, 1.807) is 0 Å². The summed E-state index contributed by atoms with van der Waals surface area (Å²) < 4.78 is 0. The summed E-state index contributed by atoms with van der Waals surface area (Å²) in [6.07, 6.45) is 4.65. The SMILES string of the molecule is CC(C)NCc1cc(N(C)CCN2CCCC2)ccn1. The molecule has 0 saturated carbocycles. The van der Waals surface area contributed by atoms with Gasteiger partial charge in [0, 0.05) is 44.6 Å². The number of aromatic nitrogens is 1. The van der Waals surface area contributed by atoms with Gasteiger partial charge in [0.25, 0.3) is 0 Å². The third-order valence-electron chi connectivity index (χ3n) is 3.88. The fraction of sp³-hybridized carbons (Fsp3) is 0.688. The molecule has 0 amide bonds. The van der Waals surface area contributed by atoms with E-state index in [0.29, 0.717) is 6.04 Å². The zero-order valence-electron chi connectivity index (χ0n) is 13.1. The van der Waals surface area contributed by atoms with Crippen molar-refractivity contribution >= 4 is 5.69 Å². The van der Waals surface area contributed by atoms with Crippen molar-refractivity contribution in [2.45, 2.75) is 39.3 Å². The van der Waals surface area contributed by atoms with Crippen LogP contribution in [0.2, 0.25) is 0 Å². The molecule has 0 aromatic carbocycles. The fourth-order valence-corrected chi connectivity index (χ4v) is 2.54. The third-order valence-corrected chi connectivity index (χ3v) is 3.88. The van der Waals surface area contributed by atoms with E-state index in [0.717, 1.165) is 18.8 Å². The number of nitrogens with one attached hydrogen (secondary N) is 1. The largest absolute Gasteiger partial charge is 0.373 e. The Labute approximate surface area is 123 Å². The first-order chi connectivity index (χ1) is 9.65. The van der Waals surface area contributed by atoms with E-state index in [2.05, 4.69) is 53.1 Å². The van der Waals surface area contributed by atoms with E-state index < -0.39 is 0 Å². The van der Waals surface area contributed by atoms with Crippen LogP contribution in [0.4, 0.5) is 5.69 Å². The maximum absolute atomic E-state index is 4.43. The van der Waals surface area contributed by atoms with Crippen LogP contribution >= 0.6 is 0 Å². The summed E-state index contributed by atoms with van der Waals surface area (Å²) >= 11 is 0. The van der Waals surface area contributed by atoms with E-state index in [4.69, 9.17) is 0 Å². The van der Waals surface area contributed by atoms with Gasteiger partial charge in [-0.15, -0.1) is 0 Å². The van der Waals surface area contributed by atoms with Gasteiger partial charge in [-0.05, 0) is 38.1 Å². The van der Waals surface area contributed by atoms with E-state index in [1.807, 2.05) is 6.20 Å². The number of rotatable bonds is 7. The summed E-state index contributed by atoms with van der Waals surface area (Å²) in [6, 6.07) is 4.79. The molecule has 4 heteroatoms. The van der Waals surface area contributed by atoms with E-state index in [-0.39, 0.29) is 0 Å². The van der Waals surface area contributed by atoms with Crippen LogP contribution in [0.25, 0.3) is 0 Å². The molecule has 1 N–H and O–H groups in total. The van der Waals surface area contributed by atoms with Crippen molar-refractivity contribution in [3.8, 4) is 0 Å². The van der Waals surface area contributed by atoms with Crippen LogP contribution in [-0.4, -0.2) is 49.2 Å². The number of likely N-dealkylation sites (tertiary alicyclic amines) is 1. The van der Waals surface area contributed by atoms with Crippen molar-refractivity contribution < 1.29 is 0 Å². The molecule has 2 heterocycles. The topological polar surface area (TPSA) is 31.4 Å². The maximum atomic E-state index is 4.43. The van der Waals surface area contributed by atoms with Crippen LogP contribution in [0.3, 0.4) is 0 Å². The maximum Gasteiger partial charge on any atom is 0.0562 e. The summed E-state index contributed by atoms with van der Waals surface area (Å²) in [7, 11) is 2.17. The van der Waals surface area contributed by atoms with Gasteiger partial charge in [0.15, 0.2) is 0 Å². The molecule has 0 aliphatic carbocycles. The van der Waals surface area contributed by atoms with E-state index in [1.165, 1.54) is 38.2 Å². The number of pyridine rings is 1. The molecule has 2 rings (SSSR count). The van der Waals surface area contributed by atoms with Gasteiger partial charge in [0.1, 0.15) is 0 Å². The minimum Gasteiger partial charge on any atom is -0.373 e. The van der Waals surface area contributed by atoms with Gasteiger partial charge in [-0.3, -0.25) is 4.98 Å². The van der Waals surface area contributed by atoms with Crippen LogP contribution in [0, 0.1) is 0 Å². The minimum atomic E-state index is 0.494. The molecule has 0 radical (unpaired) electrons. The summed E-state index contributed by atoms with van der Waals surface area (Å²) in [5, 5.41) is 3.42. The van der Waals surface area contributed by atoms with Crippen LogP contribution in [0.5, 0.6) is 0 Å². The molecule has 1 aliphatic rings. The Kier molecular flexibility index (Phi) is 5.80. The smallest absolute Gasteiger partial charge is 0.0562 e. The molecule has 0 spiro atoms. The van der Waals surface area contributed by atoms with Crippen molar-refractivity contribution in [1.29, 1.82) is 0 Å². The highest BCUT2D eigenvalue weighted by Crippen LogP contribution is 2.14. The number of likely N-dealkylation sites (N-methyl/N-ethyl adjacent to an activating group) is 1. The second kappa shape index (κ2) is 7.60. The van der Waals surface area contributed by atoms with Gasteiger partial charge in [0.05, 0.1) is 5.69 Å². The molecule has 0 unspecified atom stereocenters. The predicted molar refractivity (Wildman–Crippen MR) is 85.2 cm³/mol. The number of hydrogen-bond donors (Lipinski definition) is 1. The van der Waals surface area contributed by atoms with Crippen molar-refractivity contribution in [3.05, 3.63) is 24.0 Å². The second-order valence-electron chi connectivity index (χ2n) is 6.01. The van der Waals surface area contributed by atoms with Crippen LogP contribution in [0.1, 0.15) is 32.4 Å². The Morgan fingerprint density at radius 2 is 2.10 bits per heavy atom. The summed E-state index contributed by atoms with van der Waals surface area (Å²) in [6.45, 7) is 9.95.